The molecular weight excluding hydrogens is 372 g/mol. The van der Waals surface area contributed by atoms with E-state index in [2.05, 4.69) is 5.32 Å². The lowest BCUT2D eigenvalue weighted by Crippen LogP contribution is -2.58. The standard InChI is InChI=1S/C18H22N2O8/c1-17(2)25-11-12(26-17)14-16(28-18(3,4)27-14)24-13(11)15(21)19-9-5-7-10(8-6-9)20(22)23/h5-8,11-14,16H,1-4H3,(H,19,21). The van der Waals surface area contributed by atoms with Gasteiger partial charge < -0.3 is 29.0 Å². The molecule has 1 aromatic carbocycles. The number of nitrogens with one attached hydrogen (secondary N) is 1. The molecule has 152 valence electrons. The van der Waals surface area contributed by atoms with Gasteiger partial charge in [0.05, 0.1) is 4.92 Å². The maximum Gasteiger partial charge on any atom is 0.269 e. The van der Waals surface area contributed by atoms with E-state index in [1.54, 1.807) is 27.7 Å². The van der Waals surface area contributed by atoms with Gasteiger partial charge in [-0.1, -0.05) is 0 Å². The zero-order valence-corrected chi connectivity index (χ0v) is 15.9. The van der Waals surface area contributed by atoms with Crippen LogP contribution >= 0.6 is 0 Å². The van der Waals surface area contributed by atoms with E-state index >= 15 is 0 Å². The van der Waals surface area contributed by atoms with Crippen LogP contribution in [0.3, 0.4) is 0 Å². The van der Waals surface area contributed by atoms with E-state index in [4.69, 9.17) is 23.7 Å². The number of hydrogen-bond donors (Lipinski definition) is 1. The van der Waals surface area contributed by atoms with E-state index in [0.717, 1.165) is 0 Å². The van der Waals surface area contributed by atoms with Crippen molar-refractivity contribution < 1.29 is 33.4 Å². The molecule has 1 amide bonds. The Morgan fingerprint density at radius 3 is 2.18 bits per heavy atom. The van der Waals surface area contributed by atoms with Gasteiger partial charge in [0.25, 0.3) is 11.6 Å². The van der Waals surface area contributed by atoms with Crippen molar-refractivity contribution >= 4 is 17.3 Å². The Hall–Kier alpha value is -2.11. The third kappa shape index (κ3) is 3.49. The number of non-ortho nitro benzene ring substituents is 1. The number of carbonyl (C=O) groups excluding carboxylic acids is 1. The molecule has 10 nitrogen and oxygen atoms in total. The van der Waals surface area contributed by atoms with Crippen LogP contribution in [0, 0.1) is 10.1 Å². The number of carbonyl (C=O) groups is 1. The molecule has 0 bridgehead atoms. The highest BCUT2D eigenvalue weighted by molar-refractivity contribution is 5.95. The fourth-order valence-corrected chi connectivity index (χ4v) is 3.70. The van der Waals surface area contributed by atoms with Crippen LogP contribution in [0.5, 0.6) is 0 Å². The monoisotopic (exact) mass is 394 g/mol. The highest BCUT2D eigenvalue weighted by atomic mass is 16.9. The minimum Gasteiger partial charge on any atom is -0.342 e. The van der Waals surface area contributed by atoms with Crippen LogP contribution in [0.25, 0.3) is 0 Å². The molecule has 4 rings (SSSR count). The van der Waals surface area contributed by atoms with Crippen molar-refractivity contribution in [2.45, 2.75) is 70.0 Å². The van der Waals surface area contributed by atoms with Gasteiger partial charge in [-0.3, -0.25) is 14.9 Å². The second-order valence-electron chi connectivity index (χ2n) is 7.88. The number of fused-ring (bicyclic) bond motifs is 3. The Kier molecular flexibility index (Phi) is 4.43. The molecule has 3 fully saturated rings. The third-order valence-corrected chi connectivity index (χ3v) is 4.76. The molecule has 28 heavy (non-hydrogen) atoms. The minimum absolute atomic E-state index is 0.0668. The molecule has 3 saturated heterocycles. The van der Waals surface area contributed by atoms with Crippen molar-refractivity contribution in [1.82, 2.24) is 0 Å². The molecule has 3 aliphatic rings. The molecule has 0 aliphatic carbocycles. The molecule has 10 heteroatoms. The topological polar surface area (TPSA) is 118 Å². The molecule has 3 heterocycles. The molecule has 0 saturated carbocycles. The number of hydrogen-bond acceptors (Lipinski definition) is 8. The van der Waals surface area contributed by atoms with E-state index in [1.807, 2.05) is 0 Å². The summed E-state index contributed by atoms with van der Waals surface area (Å²) in [6.45, 7) is 7.03. The number of nitrogens with zero attached hydrogens (tertiary/aromatic N) is 1. The van der Waals surface area contributed by atoms with Crippen molar-refractivity contribution in [3.05, 3.63) is 34.4 Å². The van der Waals surface area contributed by atoms with E-state index in [1.165, 1.54) is 24.3 Å². The van der Waals surface area contributed by atoms with Crippen molar-refractivity contribution in [2.24, 2.45) is 0 Å². The van der Waals surface area contributed by atoms with Gasteiger partial charge in [0.15, 0.2) is 24.0 Å². The molecule has 3 aliphatic heterocycles. The summed E-state index contributed by atoms with van der Waals surface area (Å²) in [6.07, 6.45) is -3.53. The second kappa shape index (κ2) is 6.46. The highest BCUT2D eigenvalue weighted by Crippen LogP contribution is 2.44. The maximum absolute atomic E-state index is 12.9. The fraction of sp³-hybridized carbons (Fsp3) is 0.611. The van der Waals surface area contributed by atoms with E-state index in [-0.39, 0.29) is 5.69 Å². The summed E-state index contributed by atoms with van der Waals surface area (Å²) in [6, 6.07) is 5.52. The smallest absolute Gasteiger partial charge is 0.269 e. The lowest BCUT2D eigenvalue weighted by molar-refractivity contribution is -0.384. The fourth-order valence-electron chi connectivity index (χ4n) is 3.70. The molecule has 1 aromatic rings. The normalized spacial score (nSPS) is 35.1. The Bertz CT molecular complexity index is 793. The van der Waals surface area contributed by atoms with Gasteiger partial charge in [-0.05, 0) is 39.8 Å². The first kappa shape index (κ1) is 19.2. The van der Waals surface area contributed by atoms with Gasteiger partial charge in [0, 0.05) is 17.8 Å². The summed E-state index contributed by atoms with van der Waals surface area (Å²) in [5, 5.41) is 13.5. The zero-order valence-electron chi connectivity index (χ0n) is 15.9. The lowest BCUT2D eigenvalue weighted by Gasteiger charge is -2.36. The van der Waals surface area contributed by atoms with Gasteiger partial charge in [-0.2, -0.15) is 0 Å². The van der Waals surface area contributed by atoms with Crippen molar-refractivity contribution in [3.8, 4) is 0 Å². The lowest BCUT2D eigenvalue weighted by atomic mass is 9.98. The van der Waals surface area contributed by atoms with E-state index in [9.17, 15) is 14.9 Å². The number of nitro benzene ring substituents is 1. The summed E-state index contributed by atoms with van der Waals surface area (Å²) in [5.41, 5.74) is 0.336. The SMILES string of the molecule is CC1(C)OC2OC(C(=O)Nc3ccc([N+](=O)[O-])cc3)C3OC(C)(C)OC3C2O1. The highest BCUT2D eigenvalue weighted by Gasteiger charge is 2.62. The van der Waals surface area contributed by atoms with Gasteiger partial charge in [0.1, 0.15) is 18.3 Å². The summed E-state index contributed by atoms with van der Waals surface area (Å²) >= 11 is 0. The molecule has 5 unspecified atom stereocenters. The van der Waals surface area contributed by atoms with E-state index in [0.29, 0.717) is 5.69 Å². The number of amides is 1. The Morgan fingerprint density at radius 2 is 1.54 bits per heavy atom. The van der Waals surface area contributed by atoms with Crippen LogP contribution in [0.1, 0.15) is 27.7 Å². The van der Waals surface area contributed by atoms with Crippen LogP contribution in [0.2, 0.25) is 0 Å². The molecule has 0 radical (unpaired) electrons. The molecule has 5 atom stereocenters. The second-order valence-corrected chi connectivity index (χ2v) is 7.88. The number of anilines is 1. The van der Waals surface area contributed by atoms with Crippen LogP contribution in [0.15, 0.2) is 24.3 Å². The quantitative estimate of drug-likeness (QED) is 0.610. The van der Waals surface area contributed by atoms with Crippen LogP contribution < -0.4 is 5.32 Å². The van der Waals surface area contributed by atoms with Gasteiger partial charge >= 0.3 is 0 Å². The first-order chi connectivity index (χ1) is 13.0. The number of ether oxygens (including phenoxy) is 5. The average molecular weight is 394 g/mol. The summed E-state index contributed by atoms with van der Waals surface area (Å²) in [7, 11) is 0. The Labute approximate surface area is 161 Å². The molecule has 1 N–H and O–H groups in total. The van der Waals surface area contributed by atoms with Crippen LogP contribution in [0.4, 0.5) is 11.4 Å². The number of nitro groups is 1. The number of rotatable bonds is 3. The Balaban J connectivity index is 1.54. The minimum atomic E-state index is -0.999. The van der Waals surface area contributed by atoms with Gasteiger partial charge in [-0.15, -0.1) is 0 Å². The first-order valence-electron chi connectivity index (χ1n) is 8.97. The van der Waals surface area contributed by atoms with Gasteiger partial charge in [-0.25, -0.2) is 0 Å². The average Bonchev–Trinajstić information content (AvgIpc) is 3.08. The zero-order chi connectivity index (χ0) is 20.3. The van der Waals surface area contributed by atoms with Crippen LogP contribution in [-0.4, -0.2) is 53.1 Å². The molecule has 0 spiro atoms. The number of benzene rings is 1. The van der Waals surface area contributed by atoms with Crippen molar-refractivity contribution in [2.75, 3.05) is 5.32 Å². The van der Waals surface area contributed by atoms with Gasteiger partial charge in [0.2, 0.25) is 0 Å². The summed E-state index contributed by atoms with van der Waals surface area (Å²) < 4.78 is 29.4. The van der Waals surface area contributed by atoms with Crippen molar-refractivity contribution in [1.29, 1.82) is 0 Å². The molecule has 0 aromatic heterocycles. The van der Waals surface area contributed by atoms with E-state index < -0.39 is 53.1 Å². The summed E-state index contributed by atoms with van der Waals surface area (Å²) in [5.74, 6) is -2.24. The van der Waals surface area contributed by atoms with Crippen LogP contribution in [-0.2, 0) is 28.5 Å². The van der Waals surface area contributed by atoms with Crippen molar-refractivity contribution in [3.63, 3.8) is 0 Å². The molecular formula is C18H22N2O8. The largest absolute Gasteiger partial charge is 0.342 e. The Morgan fingerprint density at radius 1 is 0.964 bits per heavy atom. The third-order valence-electron chi connectivity index (χ3n) is 4.76. The summed E-state index contributed by atoms with van der Waals surface area (Å²) in [4.78, 5) is 23.1. The maximum atomic E-state index is 12.9. The predicted octanol–water partition coefficient (Wildman–Crippen LogP) is 1.93. The predicted molar refractivity (Wildman–Crippen MR) is 94.2 cm³/mol. The first-order valence-corrected chi connectivity index (χ1v) is 8.97.